The lowest BCUT2D eigenvalue weighted by molar-refractivity contribution is -0.145. The van der Waals surface area contributed by atoms with E-state index in [1.54, 1.807) is 0 Å². The number of hydrogen-bond acceptors (Lipinski definition) is 8. The average Bonchev–Trinajstić information content (AvgIpc) is 2.92. The van der Waals surface area contributed by atoms with Gasteiger partial charge >= 0.3 is 0 Å². The van der Waals surface area contributed by atoms with E-state index in [1.165, 1.54) is 6.08 Å². The number of Topliss-reactive ketones (excluding diaryl/α,β-unsaturated/α-hetero) is 1. The smallest absolute Gasteiger partial charge is 0.265 e. The zero-order valence-corrected chi connectivity index (χ0v) is 19.9. The zero-order valence-electron chi connectivity index (χ0n) is 18.3. The lowest BCUT2D eigenvalue weighted by Crippen LogP contribution is -2.62. The van der Waals surface area contributed by atoms with Gasteiger partial charge in [-0.05, 0) is 60.5 Å². The van der Waals surface area contributed by atoms with Gasteiger partial charge < -0.3 is 0 Å². The number of ketones is 2. The molecule has 3 saturated carbocycles. The van der Waals surface area contributed by atoms with Crippen molar-refractivity contribution in [2.45, 2.75) is 64.6 Å². The molecule has 174 valence electrons. The fraction of sp³-hybridized carbons (Fsp3) is 0.810. The molecule has 3 fully saturated rings. The molecule has 7 atom stereocenters. The highest BCUT2D eigenvalue weighted by Gasteiger charge is 2.65. The molecule has 4 aliphatic rings. The summed E-state index contributed by atoms with van der Waals surface area (Å²) in [7, 11) is -7.95. The fourth-order valence-electron chi connectivity index (χ4n) is 6.90. The Morgan fingerprint density at radius 3 is 2.10 bits per heavy atom. The molecule has 0 bridgehead atoms. The molecule has 0 saturated heterocycles. The predicted octanol–water partition coefficient (Wildman–Crippen LogP) is 2.00. The Morgan fingerprint density at radius 2 is 1.48 bits per heavy atom. The van der Waals surface area contributed by atoms with Crippen molar-refractivity contribution in [3.05, 3.63) is 11.6 Å². The van der Waals surface area contributed by atoms with Crippen LogP contribution in [0.4, 0.5) is 0 Å². The second-order valence-corrected chi connectivity index (χ2v) is 13.4. The monoisotopic (exact) mass is 474 g/mol. The number of rotatable bonds is 4. The first-order valence-corrected chi connectivity index (χ1v) is 14.3. The van der Waals surface area contributed by atoms with E-state index in [0.29, 0.717) is 44.1 Å². The van der Waals surface area contributed by atoms with Crippen molar-refractivity contribution >= 4 is 31.8 Å². The van der Waals surface area contributed by atoms with Crippen LogP contribution in [-0.4, -0.2) is 53.1 Å². The van der Waals surface area contributed by atoms with E-state index in [2.05, 4.69) is 0 Å². The molecular weight excluding hydrogens is 444 g/mol. The van der Waals surface area contributed by atoms with Crippen molar-refractivity contribution in [1.29, 1.82) is 0 Å². The summed E-state index contributed by atoms with van der Waals surface area (Å²) in [6, 6.07) is 0. The van der Waals surface area contributed by atoms with Gasteiger partial charge in [-0.3, -0.25) is 18.0 Å². The van der Waals surface area contributed by atoms with E-state index in [-0.39, 0.29) is 29.3 Å². The molecule has 0 amide bonds. The third-order valence-electron chi connectivity index (χ3n) is 8.28. The Kier molecular flexibility index (Phi) is 5.36. The molecular formula is C21H30O8S2. The van der Waals surface area contributed by atoms with Crippen molar-refractivity contribution in [3.8, 4) is 0 Å². The van der Waals surface area contributed by atoms with Crippen LogP contribution in [0.3, 0.4) is 0 Å². The Bertz CT molecular complexity index is 1060. The van der Waals surface area contributed by atoms with Gasteiger partial charge in [-0.25, -0.2) is 0 Å². The summed E-state index contributed by atoms with van der Waals surface area (Å²) in [5.41, 5.74) is -0.618. The van der Waals surface area contributed by atoms with Crippen molar-refractivity contribution in [3.63, 3.8) is 0 Å². The Labute approximate surface area is 184 Å². The van der Waals surface area contributed by atoms with Crippen LogP contribution in [0.1, 0.15) is 52.4 Å². The summed E-state index contributed by atoms with van der Waals surface area (Å²) in [4.78, 5) is 25.1. The molecule has 0 unspecified atom stereocenters. The summed E-state index contributed by atoms with van der Waals surface area (Å²) >= 11 is 0. The molecule has 0 heterocycles. The van der Waals surface area contributed by atoms with Crippen LogP contribution >= 0.6 is 0 Å². The molecule has 0 N–H and O–H groups in total. The third-order valence-corrected chi connectivity index (χ3v) is 9.40. The van der Waals surface area contributed by atoms with Crippen molar-refractivity contribution in [2.24, 2.45) is 28.6 Å². The summed E-state index contributed by atoms with van der Waals surface area (Å²) in [6.45, 7) is 3.95. The van der Waals surface area contributed by atoms with E-state index in [4.69, 9.17) is 8.37 Å². The molecule has 10 heteroatoms. The highest BCUT2D eigenvalue weighted by Crippen LogP contribution is 2.65. The highest BCUT2D eigenvalue weighted by molar-refractivity contribution is 7.86. The molecule has 0 aliphatic heterocycles. The lowest BCUT2D eigenvalue weighted by Gasteiger charge is -2.60. The van der Waals surface area contributed by atoms with E-state index in [9.17, 15) is 26.4 Å². The summed E-state index contributed by atoms with van der Waals surface area (Å²) in [6.07, 6.45) is 4.21. The lowest BCUT2D eigenvalue weighted by atomic mass is 9.46. The van der Waals surface area contributed by atoms with E-state index >= 15 is 0 Å². The highest BCUT2D eigenvalue weighted by atomic mass is 32.2. The molecule has 4 rings (SSSR count). The van der Waals surface area contributed by atoms with Gasteiger partial charge in [-0.2, -0.15) is 16.8 Å². The molecule has 0 aromatic rings. The standard InChI is InChI=1S/C21H30O8S2/c1-20-9-7-12(22)11-15(20)18(28-30(3,24)25)19(29-31(4,26)27)17-13-5-6-16(23)21(13,2)10-8-14(17)20/h11,13-14,17-19H,5-10H2,1-4H3/t13-,14-,17-,18-,19-,20+,21-/m0/s1. The van der Waals surface area contributed by atoms with Gasteiger partial charge in [0.15, 0.2) is 5.78 Å². The van der Waals surface area contributed by atoms with Crippen LogP contribution < -0.4 is 0 Å². The minimum atomic E-state index is -3.99. The van der Waals surface area contributed by atoms with Gasteiger partial charge in [0.25, 0.3) is 20.2 Å². The molecule has 31 heavy (non-hydrogen) atoms. The van der Waals surface area contributed by atoms with Gasteiger partial charge in [0.1, 0.15) is 18.0 Å². The quantitative estimate of drug-likeness (QED) is 0.567. The normalized spacial score (nSPS) is 43.1. The average molecular weight is 475 g/mol. The number of fused-ring (bicyclic) bond motifs is 5. The number of hydrogen-bond donors (Lipinski definition) is 0. The first-order chi connectivity index (χ1) is 14.2. The second kappa shape index (κ2) is 7.20. The van der Waals surface area contributed by atoms with Gasteiger partial charge in [0.2, 0.25) is 0 Å². The molecule has 8 nitrogen and oxygen atoms in total. The minimum absolute atomic E-state index is 0.0398. The van der Waals surface area contributed by atoms with Crippen LogP contribution in [0.25, 0.3) is 0 Å². The van der Waals surface area contributed by atoms with Crippen LogP contribution in [-0.2, 0) is 38.2 Å². The van der Waals surface area contributed by atoms with Crippen LogP contribution in [0.5, 0.6) is 0 Å². The van der Waals surface area contributed by atoms with Crippen molar-refractivity contribution in [1.82, 2.24) is 0 Å². The van der Waals surface area contributed by atoms with Gasteiger partial charge in [-0.1, -0.05) is 13.8 Å². The largest absolute Gasteiger partial charge is 0.299 e. The molecule has 0 radical (unpaired) electrons. The molecule has 0 aromatic carbocycles. The van der Waals surface area contributed by atoms with Crippen molar-refractivity contribution < 1.29 is 34.8 Å². The van der Waals surface area contributed by atoms with Crippen LogP contribution in [0, 0.1) is 28.6 Å². The second-order valence-electron chi connectivity index (χ2n) is 10.2. The maximum Gasteiger partial charge on any atom is 0.265 e. The van der Waals surface area contributed by atoms with Crippen LogP contribution in [0.15, 0.2) is 11.6 Å². The molecule has 4 aliphatic carbocycles. The molecule has 0 spiro atoms. The predicted molar refractivity (Wildman–Crippen MR) is 112 cm³/mol. The fourth-order valence-corrected chi connectivity index (χ4v) is 8.13. The first kappa shape index (κ1) is 23.1. The SMILES string of the molecule is C[C@]12CCC(=O)C=C1[C@H](OS(C)(=O)=O)[C@@H](OS(C)(=O)=O)[C@@H]1[C@@H]2CC[C@]2(C)C(=O)CC[C@@H]12. The maximum absolute atomic E-state index is 12.8. The summed E-state index contributed by atoms with van der Waals surface area (Å²) in [5, 5.41) is 0. The third kappa shape index (κ3) is 3.83. The Balaban J connectivity index is 1.92. The minimum Gasteiger partial charge on any atom is -0.299 e. The van der Waals surface area contributed by atoms with Crippen LogP contribution in [0.2, 0.25) is 0 Å². The van der Waals surface area contributed by atoms with Gasteiger partial charge in [0.05, 0.1) is 12.5 Å². The van der Waals surface area contributed by atoms with E-state index in [0.717, 1.165) is 12.5 Å². The van der Waals surface area contributed by atoms with Gasteiger partial charge in [0, 0.05) is 18.3 Å². The topological polar surface area (TPSA) is 121 Å². The number of carbonyl (C=O) groups excluding carboxylic acids is 2. The summed E-state index contributed by atoms with van der Waals surface area (Å²) < 4.78 is 59.8. The van der Waals surface area contributed by atoms with Gasteiger partial charge in [-0.15, -0.1) is 0 Å². The first-order valence-electron chi connectivity index (χ1n) is 10.7. The Hall–Kier alpha value is -1.10. The van der Waals surface area contributed by atoms with Crippen molar-refractivity contribution in [2.75, 3.05) is 12.5 Å². The summed E-state index contributed by atoms with van der Waals surface area (Å²) in [5.74, 6) is -0.515. The van der Waals surface area contributed by atoms with E-state index in [1.807, 2.05) is 13.8 Å². The maximum atomic E-state index is 12.8. The number of carbonyl (C=O) groups is 2. The molecule has 0 aromatic heterocycles. The van der Waals surface area contributed by atoms with E-state index < -0.39 is 43.3 Å². The Morgan fingerprint density at radius 1 is 0.871 bits per heavy atom. The zero-order chi connectivity index (χ0) is 23.0.